The zero-order chi connectivity index (χ0) is 34.6. The van der Waals surface area contributed by atoms with Crippen molar-refractivity contribution in [1.29, 1.82) is 0 Å². The number of rotatable bonds is 8. The highest BCUT2D eigenvalue weighted by Gasteiger charge is 2.20. The topological polar surface area (TPSA) is 51.8 Å². The molecule has 0 atom stereocenters. The molecule has 0 aliphatic carbocycles. The van der Waals surface area contributed by atoms with Crippen LogP contribution in [0.2, 0.25) is 0 Å². The van der Waals surface area contributed by atoms with Crippen LogP contribution in [-0.2, 0) is 0 Å². The number of hydrogen-bond donors (Lipinski definition) is 0. The number of aromatic nitrogens is 3. The van der Waals surface area contributed by atoms with Crippen LogP contribution >= 0.6 is 0 Å². The minimum Gasteiger partial charge on any atom is -0.456 e. The van der Waals surface area contributed by atoms with Crippen molar-refractivity contribution >= 4 is 50.4 Å². The molecule has 2 aromatic heterocycles. The molecule has 0 aliphatic heterocycles. The highest BCUT2D eigenvalue weighted by molar-refractivity contribution is 6.17. The highest BCUT2D eigenvalue weighted by Crippen LogP contribution is 2.41. The molecule has 8 aromatic rings. The lowest BCUT2D eigenvalue weighted by atomic mass is 9.97. The molecular weight excluding hydrogens is 623 g/mol. The van der Waals surface area contributed by atoms with Gasteiger partial charge in [-0.15, -0.1) is 0 Å². The summed E-state index contributed by atoms with van der Waals surface area (Å²) in [5.74, 6) is 1.78. The van der Waals surface area contributed by atoms with E-state index >= 15 is 0 Å². The molecular formula is C47H35N3O. The molecule has 2 heterocycles. The summed E-state index contributed by atoms with van der Waals surface area (Å²) < 4.78 is 6.46. The van der Waals surface area contributed by atoms with Gasteiger partial charge in [0.2, 0.25) is 0 Å². The second-order valence-corrected chi connectivity index (χ2v) is 12.3. The van der Waals surface area contributed by atoms with Crippen LogP contribution in [0.25, 0.3) is 84.3 Å². The van der Waals surface area contributed by atoms with Gasteiger partial charge in [-0.05, 0) is 71.1 Å². The summed E-state index contributed by atoms with van der Waals surface area (Å²) in [5, 5.41) is 4.43. The Balaban J connectivity index is 1.32. The molecule has 0 fully saturated rings. The van der Waals surface area contributed by atoms with Crippen molar-refractivity contribution in [2.75, 3.05) is 0 Å². The van der Waals surface area contributed by atoms with Crippen LogP contribution in [0.3, 0.4) is 0 Å². The quantitative estimate of drug-likeness (QED) is 0.153. The van der Waals surface area contributed by atoms with E-state index in [1.807, 2.05) is 68.5 Å². The van der Waals surface area contributed by atoms with Crippen molar-refractivity contribution in [2.45, 2.75) is 13.8 Å². The maximum Gasteiger partial charge on any atom is 0.164 e. The Labute approximate surface area is 297 Å². The summed E-state index contributed by atoms with van der Waals surface area (Å²) >= 11 is 0. The van der Waals surface area contributed by atoms with Gasteiger partial charge in [-0.1, -0.05) is 152 Å². The molecule has 4 nitrogen and oxygen atoms in total. The molecule has 0 amide bonds. The molecule has 0 unspecified atom stereocenters. The molecule has 0 bridgehead atoms. The Bertz CT molecular complexity index is 2660. The summed E-state index contributed by atoms with van der Waals surface area (Å²) in [6.07, 6.45) is 14.4. The normalized spacial score (nSPS) is 12.4. The molecule has 0 N–H and O–H groups in total. The van der Waals surface area contributed by atoms with E-state index < -0.39 is 0 Å². The largest absolute Gasteiger partial charge is 0.456 e. The number of benzene rings is 6. The van der Waals surface area contributed by atoms with Crippen LogP contribution in [0.15, 0.2) is 168 Å². The van der Waals surface area contributed by atoms with E-state index in [0.29, 0.717) is 17.5 Å². The average Bonchev–Trinajstić information content (AvgIpc) is 3.58. The predicted octanol–water partition coefficient (Wildman–Crippen LogP) is 12.6. The Kier molecular flexibility index (Phi) is 8.72. The standard InChI is InChI=1S/C47H35N3O/c1-3-5-7-15-32-16-12-21-38(31-32)46-48-45(34(4-2)28-26-33-27-29-35-17-10-11-20-37(35)30-33)49-47(50-46)40-23-14-25-42-44(40)43-39(22-13-24-41(43)51-42)36-18-8-6-9-19-36/h3-31H,1-2H3/b5-3-,15-7-,28-26-,34-4+. The first-order chi connectivity index (χ1) is 25.2. The lowest BCUT2D eigenvalue weighted by molar-refractivity contribution is 0.669. The second-order valence-electron chi connectivity index (χ2n) is 12.3. The van der Waals surface area contributed by atoms with Crippen molar-refractivity contribution in [3.63, 3.8) is 0 Å². The number of furan rings is 1. The minimum absolute atomic E-state index is 0.583. The van der Waals surface area contributed by atoms with Gasteiger partial charge in [-0.2, -0.15) is 0 Å². The van der Waals surface area contributed by atoms with E-state index in [9.17, 15) is 0 Å². The summed E-state index contributed by atoms with van der Waals surface area (Å²) in [5.41, 5.74) is 8.68. The third-order valence-corrected chi connectivity index (χ3v) is 9.02. The first-order valence-electron chi connectivity index (χ1n) is 17.2. The monoisotopic (exact) mass is 657 g/mol. The molecule has 0 spiro atoms. The van der Waals surface area contributed by atoms with Gasteiger partial charge in [-0.25, -0.2) is 15.0 Å². The molecule has 0 saturated heterocycles. The summed E-state index contributed by atoms with van der Waals surface area (Å²) in [7, 11) is 0. The van der Waals surface area contributed by atoms with Gasteiger partial charge < -0.3 is 4.42 Å². The van der Waals surface area contributed by atoms with Gasteiger partial charge in [0.25, 0.3) is 0 Å². The van der Waals surface area contributed by atoms with Crippen molar-refractivity contribution in [2.24, 2.45) is 0 Å². The van der Waals surface area contributed by atoms with Crippen LogP contribution in [0, 0.1) is 0 Å². The van der Waals surface area contributed by atoms with Gasteiger partial charge in [-0.3, -0.25) is 0 Å². The maximum absolute atomic E-state index is 6.46. The van der Waals surface area contributed by atoms with E-state index in [0.717, 1.165) is 60.9 Å². The van der Waals surface area contributed by atoms with Crippen LogP contribution < -0.4 is 0 Å². The van der Waals surface area contributed by atoms with Gasteiger partial charge in [0, 0.05) is 27.5 Å². The molecule has 51 heavy (non-hydrogen) atoms. The third-order valence-electron chi connectivity index (χ3n) is 9.02. The lowest BCUT2D eigenvalue weighted by Crippen LogP contribution is -2.02. The first-order valence-corrected chi connectivity index (χ1v) is 17.2. The van der Waals surface area contributed by atoms with Gasteiger partial charge in [0.15, 0.2) is 17.5 Å². The number of fused-ring (bicyclic) bond motifs is 4. The molecule has 244 valence electrons. The highest BCUT2D eigenvalue weighted by atomic mass is 16.3. The SMILES string of the molecule is C/C=C\C=C/c1cccc(-c2nc(C(/C=C\c3ccc4ccccc4c3)=C/C)nc(-c3cccc4oc5cccc(-c6ccccc6)c5c34)n2)c1. The molecule has 0 aliphatic rings. The molecule has 0 saturated carbocycles. The summed E-state index contributed by atoms with van der Waals surface area (Å²) in [6, 6.07) is 45.9. The van der Waals surface area contributed by atoms with Gasteiger partial charge in [0.05, 0.1) is 0 Å². The summed E-state index contributed by atoms with van der Waals surface area (Å²) in [6.45, 7) is 4.03. The van der Waals surface area contributed by atoms with Gasteiger partial charge in [0.1, 0.15) is 11.2 Å². The minimum atomic E-state index is 0.583. The zero-order valence-electron chi connectivity index (χ0n) is 28.5. The summed E-state index contributed by atoms with van der Waals surface area (Å²) in [4.78, 5) is 15.4. The number of hydrogen-bond acceptors (Lipinski definition) is 4. The smallest absolute Gasteiger partial charge is 0.164 e. The third kappa shape index (κ3) is 6.43. The average molecular weight is 658 g/mol. The van der Waals surface area contributed by atoms with E-state index in [2.05, 4.69) is 121 Å². The Morgan fingerprint density at radius 3 is 2.02 bits per heavy atom. The molecule has 4 heteroatoms. The Morgan fingerprint density at radius 2 is 1.22 bits per heavy atom. The fraction of sp³-hybridized carbons (Fsp3) is 0.0426. The van der Waals surface area contributed by atoms with E-state index in [1.165, 1.54) is 10.8 Å². The van der Waals surface area contributed by atoms with Crippen molar-refractivity contribution in [1.82, 2.24) is 15.0 Å². The van der Waals surface area contributed by atoms with E-state index in [4.69, 9.17) is 19.4 Å². The lowest BCUT2D eigenvalue weighted by Gasteiger charge is -2.11. The first kappa shape index (κ1) is 31.6. The van der Waals surface area contributed by atoms with Crippen molar-refractivity contribution < 1.29 is 4.42 Å². The molecule has 0 radical (unpaired) electrons. The Morgan fingerprint density at radius 1 is 0.529 bits per heavy atom. The second kappa shape index (κ2) is 14.1. The van der Waals surface area contributed by atoms with Crippen LogP contribution in [-0.4, -0.2) is 15.0 Å². The van der Waals surface area contributed by atoms with Crippen molar-refractivity contribution in [3.8, 4) is 33.9 Å². The van der Waals surface area contributed by atoms with Gasteiger partial charge >= 0.3 is 0 Å². The van der Waals surface area contributed by atoms with E-state index in [1.54, 1.807) is 0 Å². The zero-order valence-corrected chi connectivity index (χ0v) is 28.5. The fourth-order valence-corrected chi connectivity index (χ4v) is 6.52. The van der Waals surface area contributed by atoms with Crippen LogP contribution in [0.1, 0.15) is 30.8 Å². The van der Waals surface area contributed by atoms with E-state index in [-0.39, 0.29) is 0 Å². The number of nitrogens with zero attached hydrogens (tertiary/aromatic N) is 3. The van der Waals surface area contributed by atoms with Crippen molar-refractivity contribution in [3.05, 3.63) is 181 Å². The molecule has 8 rings (SSSR count). The Hall–Kier alpha value is -6.65. The maximum atomic E-state index is 6.46. The predicted molar refractivity (Wildman–Crippen MR) is 214 cm³/mol. The molecule has 6 aromatic carbocycles. The van der Waals surface area contributed by atoms with Crippen LogP contribution in [0.5, 0.6) is 0 Å². The number of allylic oxidation sites excluding steroid dienone is 6. The fourth-order valence-electron chi connectivity index (χ4n) is 6.52. The van der Waals surface area contributed by atoms with Crippen LogP contribution in [0.4, 0.5) is 0 Å².